The fourth-order valence-electron chi connectivity index (χ4n) is 3.60. The average molecular weight is 393 g/mol. The van der Waals surface area contributed by atoms with Crippen molar-refractivity contribution >= 4 is 33.3 Å². The number of ketones is 1. The molecule has 1 fully saturated rings. The molecule has 124 valence electrons. The minimum Gasteiger partial charge on any atom is -0.368 e. The van der Waals surface area contributed by atoms with Crippen LogP contribution in [0.1, 0.15) is 17.9 Å². The number of fused-ring (bicyclic) bond motifs is 1. The van der Waals surface area contributed by atoms with E-state index in [0.29, 0.717) is 34.4 Å². The number of rotatable bonds is 1. The first-order valence-electron chi connectivity index (χ1n) is 7.70. The number of halogens is 2. The molecule has 0 bridgehead atoms. The summed E-state index contributed by atoms with van der Waals surface area (Å²) in [4.78, 5) is 29.5. The predicted octanol–water partition coefficient (Wildman–Crippen LogP) is 2.12. The van der Waals surface area contributed by atoms with Crippen molar-refractivity contribution in [2.24, 2.45) is 10.9 Å². The zero-order chi connectivity index (χ0) is 16.8. The number of hydrogen-bond donors (Lipinski definition) is 1. The van der Waals surface area contributed by atoms with Crippen molar-refractivity contribution in [1.29, 1.82) is 0 Å². The summed E-state index contributed by atoms with van der Waals surface area (Å²) in [6, 6.07) is 4.61. The van der Waals surface area contributed by atoms with Crippen LogP contribution in [0.5, 0.6) is 0 Å². The number of Topliss-reactive ketones (excluding diaryl/α,β-unsaturated/α-hetero) is 1. The van der Waals surface area contributed by atoms with Crippen molar-refractivity contribution in [2.45, 2.75) is 12.3 Å². The van der Waals surface area contributed by atoms with Crippen molar-refractivity contribution in [3.63, 3.8) is 0 Å². The van der Waals surface area contributed by atoms with Gasteiger partial charge in [0.05, 0.1) is 28.4 Å². The van der Waals surface area contributed by atoms with E-state index in [1.54, 1.807) is 12.1 Å². The second-order valence-corrected chi connectivity index (χ2v) is 6.91. The molecule has 3 aliphatic rings. The number of benzene rings is 1. The van der Waals surface area contributed by atoms with Gasteiger partial charge in [-0.2, -0.15) is 0 Å². The number of hydrogen-bond acceptors (Lipinski definition) is 4. The monoisotopic (exact) mass is 392 g/mol. The Balaban J connectivity index is 1.91. The van der Waals surface area contributed by atoms with Crippen LogP contribution in [0.2, 0.25) is 0 Å². The van der Waals surface area contributed by atoms with Crippen LogP contribution in [-0.4, -0.2) is 37.2 Å². The molecule has 3 aliphatic heterocycles. The van der Waals surface area contributed by atoms with Gasteiger partial charge in [0.15, 0.2) is 5.78 Å². The molecule has 1 saturated heterocycles. The normalized spacial score (nSPS) is 26.5. The maximum atomic E-state index is 13.6. The molecule has 1 amide bonds. The summed E-state index contributed by atoms with van der Waals surface area (Å²) < 4.78 is 19.3. The smallest absolute Gasteiger partial charge is 0.249 e. The first-order chi connectivity index (χ1) is 11.6. The fourth-order valence-corrected chi connectivity index (χ4v) is 4.00. The maximum absolute atomic E-state index is 13.6. The minimum atomic E-state index is -0.529. The van der Waals surface area contributed by atoms with Crippen molar-refractivity contribution in [1.82, 2.24) is 5.32 Å². The SMILES string of the molecule is O=C1NCCC2=C1C(c1ccc(F)c(Br)c1)C1C(=O)COCC1=N2. The van der Waals surface area contributed by atoms with E-state index in [1.165, 1.54) is 6.07 Å². The lowest BCUT2D eigenvalue weighted by atomic mass is 9.72. The number of amides is 1. The lowest BCUT2D eigenvalue weighted by Crippen LogP contribution is -2.46. The van der Waals surface area contributed by atoms with Crippen molar-refractivity contribution in [2.75, 3.05) is 19.8 Å². The molecule has 1 N–H and O–H groups in total. The Kier molecular flexibility index (Phi) is 3.85. The molecule has 2 unspecified atom stereocenters. The van der Waals surface area contributed by atoms with Crippen LogP contribution in [0.25, 0.3) is 0 Å². The van der Waals surface area contributed by atoms with Crippen molar-refractivity contribution in [3.05, 3.63) is 45.3 Å². The third-order valence-electron chi connectivity index (χ3n) is 4.63. The molecule has 4 rings (SSSR count). The molecule has 7 heteroatoms. The molecule has 0 saturated carbocycles. The molecule has 0 radical (unpaired) electrons. The Labute approximate surface area is 146 Å². The Morgan fingerprint density at radius 2 is 2.08 bits per heavy atom. The van der Waals surface area contributed by atoms with Crippen LogP contribution in [0.3, 0.4) is 0 Å². The van der Waals surface area contributed by atoms with E-state index >= 15 is 0 Å². The number of ether oxygens (including phenoxy) is 1. The summed E-state index contributed by atoms with van der Waals surface area (Å²) >= 11 is 3.19. The molecule has 0 spiro atoms. The highest BCUT2D eigenvalue weighted by molar-refractivity contribution is 9.10. The van der Waals surface area contributed by atoms with E-state index < -0.39 is 11.8 Å². The minimum absolute atomic E-state index is 0.00673. The van der Waals surface area contributed by atoms with Gasteiger partial charge in [0.1, 0.15) is 12.4 Å². The molecule has 24 heavy (non-hydrogen) atoms. The lowest BCUT2D eigenvalue weighted by Gasteiger charge is -2.37. The number of nitrogens with zero attached hydrogens (tertiary/aromatic N) is 1. The highest BCUT2D eigenvalue weighted by Crippen LogP contribution is 2.43. The number of carbonyl (C=O) groups is 2. The van der Waals surface area contributed by atoms with Gasteiger partial charge in [0, 0.05) is 24.5 Å². The number of aliphatic imine (C=N–C) groups is 1. The molecule has 1 aromatic carbocycles. The maximum Gasteiger partial charge on any atom is 0.249 e. The molecule has 0 aliphatic carbocycles. The van der Waals surface area contributed by atoms with Crippen LogP contribution in [0.4, 0.5) is 4.39 Å². The van der Waals surface area contributed by atoms with Crippen LogP contribution >= 0.6 is 15.9 Å². The second kappa shape index (κ2) is 5.89. The summed E-state index contributed by atoms with van der Waals surface area (Å²) in [5.41, 5.74) is 2.60. The van der Waals surface area contributed by atoms with Gasteiger partial charge in [-0.25, -0.2) is 4.39 Å². The quantitative estimate of drug-likeness (QED) is 0.795. The summed E-state index contributed by atoms with van der Waals surface area (Å²) in [5.74, 6) is -1.68. The van der Waals surface area contributed by atoms with Gasteiger partial charge in [-0.1, -0.05) is 6.07 Å². The van der Waals surface area contributed by atoms with Gasteiger partial charge in [-0.05, 0) is 33.6 Å². The van der Waals surface area contributed by atoms with E-state index in [-0.39, 0.29) is 30.7 Å². The van der Waals surface area contributed by atoms with Gasteiger partial charge < -0.3 is 10.1 Å². The molecular formula is C17H14BrFN2O3. The Morgan fingerprint density at radius 3 is 2.88 bits per heavy atom. The summed E-state index contributed by atoms with van der Waals surface area (Å²) in [6.45, 7) is 0.814. The number of carbonyl (C=O) groups excluding carboxylic acids is 2. The van der Waals surface area contributed by atoms with Crippen LogP contribution in [0, 0.1) is 11.7 Å². The standard InChI is InChI=1S/C17H14BrFN2O3/c18-9-5-8(1-2-10(9)19)14-15-12(6-24-7-13(15)22)21-11-3-4-20-17(23)16(11)14/h1-2,5,14-15H,3-4,6-7H2,(H,20,23). The van der Waals surface area contributed by atoms with E-state index in [0.717, 1.165) is 5.56 Å². The molecule has 1 aromatic rings. The van der Waals surface area contributed by atoms with E-state index in [4.69, 9.17) is 4.74 Å². The average Bonchev–Trinajstić information content (AvgIpc) is 2.56. The van der Waals surface area contributed by atoms with Crippen LogP contribution in [0.15, 0.2) is 38.9 Å². The van der Waals surface area contributed by atoms with Gasteiger partial charge in [-0.3, -0.25) is 14.6 Å². The van der Waals surface area contributed by atoms with Gasteiger partial charge in [0.25, 0.3) is 0 Å². The zero-order valence-corrected chi connectivity index (χ0v) is 14.2. The van der Waals surface area contributed by atoms with Crippen LogP contribution in [-0.2, 0) is 14.3 Å². The largest absolute Gasteiger partial charge is 0.368 e. The third kappa shape index (κ3) is 2.43. The van der Waals surface area contributed by atoms with E-state index in [2.05, 4.69) is 26.2 Å². The van der Waals surface area contributed by atoms with Crippen molar-refractivity contribution < 1.29 is 18.7 Å². The van der Waals surface area contributed by atoms with Crippen molar-refractivity contribution in [3.8, 4) is 0 Å². The Hall–Kier alpha value is -1.86. The molecule has 2 atom stereocenters. The lowest BCUT2D eigenvalue weighted by molar-refractivity contribution is -0.127. The van der Waals surface area contributed by atoms with Gasteiger partial charge in [-0.15, -0.1) is 0 Å². The Morgan fingerprint density at radius 1 is 1.25 bits per heavy atom. The first-order valence-corrected chi connectivity index (χ1v) is 8.49. The van der Waals surface area contributed by atoms with Gasteiger partial charge in [0.2, 0.25) is 5.91 Å². The Bertz CT molecular complexity index is 818. The number of nitrogens with one attached hydrogen (secondary N) is 1. The summed E-state index contributed by atoms with van der Waals surface area (Å²) in [6.07, 6.45) is 0.615. The fraction of sp³-hybridized carbons (Fsp3) is 0.353. The molecule has 3 heterocycles. The predicted molar refractivity (Wildman–Crippen MR) is 88.2 cm³/mol. The zero-order valence-electron chi connectivity index (χ0n) is 12.6. The van der Waals surface area contributed by atoms with E-state index in [1.807, 2.05) is 0 Å². The third-order valence-corrected chi connectivity index (χ3v) is 5.24. The van der Waals surface area contributed by atoms with Crippen LogP contribution < -0.4 is 5.32 Å². The summed E-state index contributed by atoms with van der Waals surface area (Å²) in [5, 5.41) is 2.82. The van der Waals surface area contributed by atoms with Gasteiger partial charge >= 0.3 is 0 Å². The summed E-state index contributed by atoms with van der Waals surface area (Å²) in [7, 11) is 0. The van der Waals surface area contributed by atoms with E-state index in [9.17, 15) is 14.0 Å². The molecule has 5 nitrogen and oxygen atoms in total. The second-order valence-electron chi connectivity index (χ2n) is 6.06. The molecule has 0 aromatic heterocycles. The topological polar surface area (TPSA) is 67.8 Å². The molecular weight excluding hydrogens is 379 g/mol. The highest BCUT2D eigenvalue weighted by Gasteiger charge is 2.45. The first kappa shape index (κ1) is 15.7. The highest BCUT2D eigenvalue weighted by atomic mass is 79.9.